The molecule has 3 rings (SSSR count). The number of hydrogen-bond acceptors (Lipinski definition) is 5. The van der Waals surface area contributed by atoms with Crippen LogP contribution in [0, 0.1) is 0 Å². The summed E-state index contributed by atoms with van der Waals surface area (Å²) in [6.45, 7) is 13.8. The SMILES string of the molecule is CC(C)(C)OC(=O)NCC1Cc2cc(B3OC(C)(C)C(C)(C)O3)ccc2C(=O)N1. The zero-order chi connectivity index (χ0) is 21.6. The van der Waals surface area contributed by atoms with E-state index in [9.17, 15) is 9.59 Å². The molecule has 2 heterocycles. The van der Waals surface area contributed by atoms with Crippen molar-refractivity contribution < 1.29 is 23.6 Å². The lowest BCUT2D eigenvalue weighted by Gasteiger charge is -2.32. The molecule has 0 aliphatic carbocycles. The molecule has 0 radical (unpaired) electrons. The van der Waals surface area contributed by atoms with Crippen LogP contribution in [-0.4, -0.2) is 48.5 Å². The monoisotopic (exact) mass is 402 g/mol. The fourth-order valence-electron chi connectivity index (χ4n) is 3.35. The van der Waals surface area contributed by atoms with Crippen LogP contribution < -0.4 is 16.1 Å². The molecular weight excluding hydrogens is 371 g/mol. The third kappa shape index (κ3) is 4.75. The molecule has 0 spiro atoms. The minimum absolute atomic E-state index is 0.150. The van der Waals surface area contributed by atoms with Crippen molar-refractivity contribution in [2.75, 3.05) is 6.54 Å². The van der Waals surface area contributed by atoms with E-state index in [1.165, 1.54) is 0 Å². The van der Waals surface area contributed by atoms with Gasteiger partial charge in [0.15, 0.2) is 0 Å². The van der Waals surface area contributed by atoms with Crippen LogP contribution in [-0.2, 0) is 20.5 Å². The molecule has 0 bridgehead atoms. The molecule has 2 amide bonds. The van der Waals surface area contributed by atoms with Gasteiger partial charge in [-0.25, -0.2) is 4.79 Å². The smallest absolute Gasteiger partial charge is 0.444 e. The van der Waals surface area contributed by atoms with Crippen molar-refractivity contribution in [3.63, 3.8) is 0 Å². The van der Waals surface area contributed by atoms with Gasteiger partial charge in [0.2, 0.25) is 0 Å². The Morgan fingerprint density at radius 3 is 2.45 bits per heavy atom. The maximum Gasteiger partial charge on any atom is 0.494 e. The number of fused-ring (bicyclic) bond motifs is 1. The molecule has 1 fully saturated rings. The summed E-state index contributed by atoms with van der Waals surface area (Å²) in [5.41, 5.74) is 1.02. The molecule has 2 aliphatic rings. The Labute approximate surface area is 173 Å². The molecule has 1 unspecified atom stereocenters. The van der Waals surface area contributed by atoms with Crippen molar-refractivity contribution in [1.29, 1.82) is 0 Å². The summed E-state index contributed by atoms with van der Waals surface area (Å²) < 4.78 is 17.5. The predicted octanol–water partition coefficient (Wildman–Crippen LogP) is 2.16. The van der Waals surface area contributed by atoms with E-state index in [2.05, 4.69) is 10.6 Å². The lowest BCUT2D eigenvalue weighted by Crippen LogP contribution is -2.49. The summed E-state index contributed by atoms with van der Waals surface area (Å²) in [5.74, 6) is -0.150. The first-order chi connectivity index (χ1) is 13.3. The third-order valence-electron chi connectivity index (χ3n) is 5.59. The number of amides is 2. The Morgan fingerprint density at radius 2 is 1.86 bits per heavy atom. The Hall–Kier alpha value is -2.06. The second-order valence-electron chi connectivity index (χ2n) is 9.76. The van der Waals surface area contributed by atoms with Crippen LogP contribution in [0.2, 0.25) is 0 Å². The fourth-order valence-corrected chi connectivity index (χ4v) is 3.35. The Bertz CT molecular complexity index is 800. The molecule has 2 N–H and O–H groups in total. The largest absolute Gasteiger partial charge is 0.494 e. The maximum absolute atomic E-state index is 12.5. The van der Waals surface area contributed by atoms with Gasteiger partial charge >= 0.3 is 13.2 Å². The summed E-state index contributed by atoms with van der Waals surface area (Å²) in [6, 6.07) is 5.44. The normalized spacial score (nSPS) is 22.7. The number of carbonyl (C=O) groups is 2. The molecule has 0 saturated carbocycles. The molecule has 1 aromatic rings. The minimum Gasteiger partial charge on any atom is -0.444 e. The van der Waals surface area contributed by atoms with Crippen LogP contribution in [0.4, 0.5) is 4.79 Å². The average Bonchev–Trinajstić information content (AvgIpc) is 2.79. The van der Waals surface area contributed by atoms with E-state index < -0.39 is 30.0 Å². The molecule has 29 heavy (non-hydrogen) atoms. The highest BCUT2D eigenvalue weighted by Gasteiger charge is 2.51. The van der Waals surface area contributed by atoms with Crippen molar-refractivity contribution in [3.05, 3.63) is 29.3 Å². The second-order valence-corrected chi connectivity index (χ2v) is 9.76. The summed E-state index contributed by atoms with van der Waals surface area (Å²) in [7, 11) is -0.478. The first-order valence-corrected chi connectivity index (χ1v) is 10.0. The van der Waals surface area contributed by atoms with Crippen LogP contribution in [0.1, 0.15) is 64.4 Å². The molecule has 1 atom stereocenters. The van der Waals surface area contributed by atoms with E-state index in [4.69, 9.17) is 14.0 Å². The molecule has 0 aromatic heterocycles. The van der Waals surface area contributed by atoms with Gasteiger partial charge in [0.05, 0.1) is 17.2 Å². The number of alkyl carbamates (subject to hydrolysis) is 1. The molecular formula is C21H31BN2O5. The second kappa shape index (κ2) is 7.33. The van der Waals surface area contributed by atoms with E-state index in [0.717, 1.165) is 11.0 Å². The zero-order valence-electron chi connectivity index (χ0n) is 18.3. The standard InChI is InChI=1S/C21H31BN2O5/c1-19(2,3)27-18(26)23-12-15-11-13-10-14(8-9-16(13)17(25)24-15)22-28-20(4,5)21(6,7)29-22/h8-10,15H,11-12H2,1-7H3,(H,23,26)(H,24,25). The van der Waals surface area contributed by atoms with Gasteiger partial charge < -0.3 is 24.7 Å². The first kappa shape index (κ1) is 21.6. The van der Waals surface area contributed by atoms with E-state index in [1.54, 1.807) is 0 Å². The number of nitrogens with one attached hydrogen (secondary N) is 2. The maximum atomic E-state index is 12.5. The van der Waals surface area contributed by atoms with Crippen LogP contribution >= 0.6 is 0 Å². The first-order valence-electron chi connectivity index (χ1n) is 10.0. The van der Waals surface area contributed by atoms with Gasteiger partial charge in [0.25, 0.3) is 5.91 Å². The van der Waals surface area contributed by atoms with Crippen LogP contribution in [0.15, 0.2) is 18.2 Å². The van der Waals surface area contributed by atoms with Crippen molar-refractivity contribution >= 4 is 24.6 Å². The summed E-state index contributed by atoms with van der Waals surface area (Å²) in [6.07, 6.45) is 0.105. The van der Waals surface area contributed by atoms with Gasteiger partial charge in [-0.3, -0.25) is 4.79 Å². The lowest BCUT2D eigenvalue weighted by atomic mass is 9.76. The Kier molecular flexibility index (Phi) is 5.47. The zero-order valence-corrected chi connectivity index (χ0v) is 18.3. The summed E-state index contributed by atoms with van der Waals surface area (Å²) in [5, 5.41) is 5.66. The molecule has 7 nitrogen and oxygen atoms in total. The highest BCUT2D eigenvalue weighted by Crippen LogP contribution is 2.36. The summed E-state index contributed by atoms with van der Waals surface area (Å²) >= 11 is 0. The van der Waals surface area contributed by atoms with Gasteiger partial charge in [-0.15, -0.1) is 0 Å². The Balaban J connectivity index is 1.70. The predicted molar refractivity (Wildman–Crippen MR) is 111 cm³/mol. The minimum atomic E-state index is -0.565. The highest BCUT2D eigenvalue weighted by atomic mass is 16.7. The van der Waals surface area contributed by atoms with Gasteiger partial charge in [-0.2, -0.15) is 0 Å². The molecule has 2 aliphatic heterocycles. The van der Waals surface area contributed by atoms with Gasteiger partial charge in [0.1, 0.15) is 5.60 Å². The number of rotatable bonds is 3. The average molecular weight is 402 g/mol. The van der Waals surface area contributed by atoms with Crippen molar-refractivity contribution in [2.24, 2.45) is 0 Å². The van der Waals surface area contributed by atoms with Crippen molar-refractivity contribution in [3.8, 4) is 0 Å². The van der Waals surface area contributed by atoms with Crippen LogP contribution in [0.5, 0.6) is 0 Å². The van der Waals surface area contributed by atoms with Gasteiger partial charge in [-0.1, -0.05) is 12.1 Å². The fraction of sp³-hybridized carbons (Fsp3) is 0.619. The lowest BCUT2D eigenvalue weighted by molar-refractivity contribution is 0.00578. The highest BCUT2D eigenvalue weighted by molar-refractivity contribution is 6.62. The topological polar surface area (TPSA) is 85.9 Å². The van der Waals surface area contributed by atoms with Crippen LogP contribution in [0.3, 0.4) is 0 Å². The van der Waals surface area contributed by atoms with E-state index in [1.807, 2.05) is 66.7 Å². The van der Waals surface area contributed by atoms with Gasteiger partial charge in [0, 0.05) is 12.1 Å². The third-order valence-corrected chi connectivity index (χ3v) is 5.59. The quantitative estimate of drug-likeness (QED) is 0.757. The molecule has 8 heteroatoms. The number of hydrogen-bond donors (Lipinski definition) is 2. The van der Waals surface area contributed by atoms with E-state index in [0.29, 0.717) is 18.5 Å². The Morgan fingerprint density at radius 1 is 1.24 bits per heavy atom. The molecule has 158 valence electrons. The number of carbonyl (C=O) groups excluding carboxylic acids is 2. The number of benzene rings is 1. The van der Waals surface area contributed by atoms with Crippen molar-refractivity contribution in [2.45, 2.75) is 77.7 Å². The number of ether oxygens (including phenoxy) is 1. The van der Waals surface area contributed by atoms with Crippen LogP contribution in [0.25, 0.3) is 0 Å². The van der Waals surface area contributed by atoms with Gasteiger partial charge in [-0.05, 0) is 72.0 Å². The summed E-state index contributed by atoms with van der Waals surface area (Å²) in [4.78, 5) is 24.4. The van der Waals surface area contributed by atoms with E-state index in [-0.39, 0.29) is 11.9 Å². The van der Waals surface area contributed by atoms with E-state index >= 15 is 0 Å². The van der Waals surface area contributed by atoms with Crippen molar-refractivity contribution in [1.82, 2.24) is 10.6 Å². The molecule has 1 aromatic carbocycles. The molecule has 1 saturated heterocycles.